The zero-order valence-corrected chi connectivity index (χ0v) is 23.1. The summed E-state index contributed by atoms with van der Waals surface area (Å²) in [5, 5.41) is 9.82. The quantitative estimate of drug-likeness (QED) is 0.160. The van der Waals surface area contributed by atoms with Crippen molar-refractivity contribution < 1.29 is 23.7 Å². The first-order valence-electron chi connectivity index (χ1n) is 14.0. The number of aliphatic hydroxyl groups is 1. The molecule has 0 bridgehead atoms. The van der Waals surface area contributed by atoms with Crippen LogP contribution in [0.4, 0.5) is 5.82 Å². The van der Waals surface area contributed by atoms with E-state index >= 15 is 0 Å². The molecule has 4 atom stereocenters. The smallest absolute Gasteiger partial charge is 0.327 e. The van der Waals surface area contributed by atoms with Gasteiger partial charge >= 0.3 is 8.69 Å². The summed E-state index contributed by atoms with van der Waals surface area (Å²) in [4.78, 5) is 12.6. The average molecular weight is 538 g/mol. The first-order valence-corrected chi connectivity index (χ1v) is 14.7. The fourth-order valence-corrected chi connectivity index (χ4v) is 5.36. The molecular weight excluding hydrogens is 493 g/mol. The van der Waals surface area contributed by atoms with Gasteiger partial charge in [-0.2, -0.15) is 0 Å². The molecule has 1 aliphatic heterocycles. The molecule has 1 saturated heterocycles. The first kappa shape index (κ1) is 29.8. The first-order chi connectivity index (χ1) is 18.2. The van der Waals surface area contributed by atoms with Crippen LogP contribution in [0.5, 0.6) is 0 Å². The van der Waals surface area contributed by atoms with E-state index in [0.717, 1.165) is 12.8 Å². The Morgan fingerprint density at radius 1 is 0.946 bits per heavy atom. The Hall–Kier alpha value is -1.71. The monoisotopic (exact) mass is 537 g/mol. The standard InChI is InChI=1S/C26H44N5O5P/c1-2-3-4-5-6-7-8-9-10-11-12-13-14-15-16-34-23-22(36-37-33)20(17-32)35-26(23)31-19-30-21-24(27)28-18-29-25(21)31/h18-20,22-23,26,32H,2-17H2,1H3,(H2,27,28,29)/t20-,22?,23+,26-/m1/s1. The SMILES string of the molecule is CCCCCCCCCCCCCCCCO[C@H]1C(OP=O)[C@@H](CO)O[C@H]1n1cnc2c(N)ncnc21. The number of nitrogens with two attached hydrogens (primary N) is 1. The Labute approximate surface area is 222 Å². The molecule has 1 unspecified atom stereocenters. The number of unbranched alkanes of at least 4 members (excludes halogenated alkanes) is 13. The summed E-state index contributed by atoms with van der Waals surface area (Å²) in [5.74, 6) is 0.270. The lowest BCUT2D eigenvalue weighted by molar-refractivity contribution is -0.0704. The van der Waals surface area contributed by atoms with E-state index in [2.05, 4.69) is 21.9 Å². The van der Waals surface area contributed by atoms with Gasteiger partial charge in [-0.05, 0) is 6.42 Å². The van der Waals surface area contributed by atoms with E-state index in [1.54, 1.807) is 10.9 Å². The molecule has 0 radical (unpaired) electrons. The number of imidazole rings is 1. The molecule has 0 aliphatic carbocycles. The molecule has 1 aliphatic rings. The van der Waals surface area contributed by atoms with Crippen molar-refractivity contribution in [2.75, 3.05) is 18.9 Å². The van der Waals surface area contributed by atoms with E-state index in [0.29, 0.717) is 17.8 Å². The lowest BCUT2D eigenvalue weighted by Gasteiger charge is -2.23. The lowest BCUT2D eigenvalue weighted by atomic mass is 10.0. The third-order valence-corrected chi connectivity index (χ3v) is 7.43. The van der Waals surface area contributed by atoms with Crippen LogP contribution in [0.3, 0.4) is 0 Å². The summed E-state index contributed by atoms with van der Waals surface area (Å²) in [6.45, 7) is 2.48. The maximum atomic E-state index is 11.3. The minimum Gasteiger partial charge on any atom is -0.394 e. The molecular formula is C26H44N5O5P. The van der Waals surface area contributed by atoms with Crippen molar-refractivity contribution in [1.82, 2.24) is 19.5 Å². The van der Waals surface area contributed by atoms with Crippen LogP contribution in [0.2, 0.25) is 0 Å². The van der Waals surface area contributed by atoms with Crippen molar-refractivity contribution in [1.29, 1.82) is 0 Å². The topological polar surface area (TPSA) is 135 Å². The van der Waals surface area contributed by atoms with Crippen LogP contribution in [0.15, 0.2) is 12.7 Å². The van der Waals surface area contributed by atoms with E-state index in [1.807, 2.05) is 0 Å². The minimum atomic E-state index is -0.697. The van der Waals surface area contributed by atoms with Crippen LogP contribution in [0.1, 0.15) is 103 Å². The van der Waals surface area contributed by atoms with Crippen LogP contribution < -0.4 is 5.73 Å². The predicted octanol–water partition coefficient (Wildman–Crippen LogP) is 5.76. The van der Waals surface area contributed by atoms with Gasteiger partial charge in [0.2, 0.25) is 0 Å². The van der Waals surface area contributed by atoms with Gasteiger partial charge in [0.1, 0.15) is 30.2 Å². The highest BCUT2D eigenvalue weighted by molar-refractivity contribution is 7.17. The molecule has 208 valence electrons. The second-order valence-electron chi connectivity index (χ2n) is 9.91. The lowest BCUT2D eigenvalue weighted by Crippen LogP contribution is -2.36. The molecule has 2 aromatic rings. The number of nitrogen functional groups attached to an aromatic ring is 1. The number of hydrogen-bond acceptors (Lipinski definition) is 9. The number of nitrogens with zero attached hydrogens (tertiary/aromatic N) is 4. The Kier molecular flexibility index (Phi) is 13.7. The maximum Gasteiger partial charge on any atom is 0.327 e. The number of ether oxygens (including phenoxy) is 2. The van der Waals surface area contributed by atoms with Crippen molar-refractivity contribution in [2.45, 2.75) is 121 Å². The van der Waals surface area contributed by atoms with Crippen LogP contribution in [-0.4, -0.2) is 56.2 Å². The van der Waals surface area contributed by atoms with E-state index in [4.69, 9.17) is 19.7 Å². The van der Waals surface area contributed by atoms with Gasteiger partial charge in [0.05, 0.1) is 12.9 Å². The van der Waals surface area contributed by atoms with Crippen molar-refractivity contribution >= 4 is 25.7 Å². The second-order valence-corrected chi connectivity index (χ2v) is 10.3. The van der Waals surface area contributed by atoms with Crippen molar-refractivity contribution in [3.63, 3.8) is 0 Å². The van der Waals surface area contributed by atoms with Gasteiger partial charge in [-0.15, -0.1) is 0 Å². The molecule has 0 saturated carbocycles. The maximum absolute atomic E-state index is 11.3. The molecule has 37 heavy (non-hydrogen) atoms. The fourth-order valence-electron chi connectivity index (χ4n) is 5.01. The number of aromatic nitrogens is 4. The summed E-state index contributed by atoms with van der Waals surface area (Å²) in [7, 11) is -0.494. The normalized spacial score (nSPS) is 21.9. The van der Waals surface area contributed by atoms with E-state index in [1.165, 1.54) is 83.4 Å². The Morgan fingerprint density at radius 2 is 1.57 bits per heavy atom. The fraction of sp³-hybridized carbons (Fsp3) is 0.808. The van der Waals surface area contributed by atoms with E-state index in [9.17, 15) is 9.67 Å². The molecule has 2 aromatic heterocycles. The van der Waals surface area contributed by atoms with Gasteiger partial charge in [-0.25, -0.2) is 19.5 Å². The van der Waals surface area contributed by atoms with Crippen LogP contribution in [-0.2, 0) is 18.6 Å². The number of anilines is 1. The molecule has 10 nitrogen and oxygen atoms in total. The molecule has 3 N–H and O–H groups in total. The molecule has 0 spiro atoms. The molecule has 3 heterocycles. The van der Waals surface area contributed by atoms with Gasteiger partial charge < -0.3 is 20.3 Å². The third kappa shape index (κ3) is 8.93. The highest BCUT2D eigenvalue weighted by atomic mass is 31.1. The second kappa shape index (κ2) is 17.0. The van der Waals surface area contributed by atoms with E-state index in [-0.39, 0.29) is 12.4 Å². The number of hydrogen-bond donors (Lipinski definition) is 2. The average Bonchev–Trinajstić information content (AvgIpc) is 3.48. The van der Waals surface area contributed by atoms with Gasteiger partial charge in [-0.3, -0.25) is 9.09 Å². The van der Waals surface area contributed by atoms with Gasteiger partial charge in [0, 0.05) is 6.61 Å². The number of aliphatic hydroxyl groups excluding tert-OH is 1. The Bertz CT molecular complexity index is 917. The van der Waals surface area contributed by atoms with Crippen LogP contribution in [0.25, 0.3) is 11.2 Å². The largest absolute Gasteiger partial charge is 0.394 e. The summed E-state index contributed by atoms with van der Waals surface area (Å²) in [6.07, 6.45) is 18.3. The van der Waals surface area contributed by atoms with Gasteiger partial charge in [0.15, 0.2) is 17.7 Å². The van der Waals surface area contributed by atoms with Crippen molar-refractivity contribution in [3.05, 3.63) is 12.7 Å². The van der Waals surface area contributed by atoms with Crippen molar-refractivity contribution in [2.24, 2.45) is 0 Å². The molecule has 0 aromatic carbocycles. The predicted molar refractivity (Wildman–Crippen MR) is 143 cm³/mol. The van der Waals surface area contributed by atoms with Gasteiger partial charge in [-0.1, -0.05) is 90.4 Å². The summed E-state index contributed by atoms with van der Waals surface area (Å²) >= 11 is 0. The summed E-state index contributed by atoms with van der Waals surface area (Å²) in [6, 6.07) is 0. The molecule has 1 fully saturated rings. The molecule has 0 amide bonds. The Morgan fingerprint density at radius 3 is 2.16 bits per heavy atom. The van der Waals surface area contributed by atoms with Crippen LogP contribution >= 0.6 is 8.69 Å². The minimum absolute atomic E-state index is 0.270. The Balaban J connectivity index is 1.38. The highest BCUT2D eigenvalue weighted by Gasteiger charge is 2.48. The van der Waals surface area contributed by atoms with Gasteiger partial charge in [0.25, 0.3) is 0 Å². The number of fused-ring (bicyclic) bond motifs is 1. The molecule has 3 rings (SSSR count). The summed E-state index contributed by atoms with van der Waals surface area (Å²) in [5.41, 5.74) is 6.89. The summed E-state index contributed by atoms with van der Waals surface area (Å²) < 4.78 is 30.6. The van der Waals surface area contributed by atoms with Crippen molar-refractivity contribution in [3.8, 4) is 0 Å². The zero-order chi connectivity index (χ0) is 26.3. The molecule has 11 heteroatoms. The third-order valence-electron chi connectivity index (χ3n) is 7.10. The number of rotatable bonds is 20. The van der Waals surface area contributed by atoms with E-state index < -0.39 is 33.2 Å². The zero-order valence-electron chi connectivity index (χ0n) is 22.2. The van der Waals surface area contributed by atoms with Crippen LogP contribution in [0, 0.1) is 0 Å². The highest BCUT2D eigenvalue weighted by Crippen LogP contribution is 2.37.